The van der Waals surface area contributed by atoms with E-state index in [9.17, 15) is 13.2 Å². The van der Waals surface area contributed by atoms with Crippen LogP contribution < -0.4 is 4.72 Å². The van der Waals surface area contributed by atoms with Crippen LogP contribution in [0.3, 0.4) is 0 Å². The monoisotopic (exact) mass is 387 g/mol. The van der Waals surface area contributed by atoms with Crippen molar-refractivity contribution < 1.29 is 13.2 Å². The summed E-state index contributed by atoms with van der Waals surface area (Å²) in [5.74, 6) is -0.0249. The van der Waals surface area contributed by atoms with Crippen molar-refractivity contribution in [3.05, 3.63) is 66.8 Å². The molecule has 0 aromatic heterocycles. The molecule has 1 aliphatic carbocycles. The Hall–Kier alpha value is -2.38. The number of rotatable bonds is 7. The van der Waals surface area contributed by atoms with Crippen molar-refractivity contribution in [2.45, 2.75) is 18.4 Å². The number of hydrogen-bond acceptors (Lipinski definition) is 4. The number of carbonyl (C=O) groups is 1. The van der Waals surface area contributed by atoms with Crippen molar-refractivity contribution in [3.8, 4) is 0 Å². The summed E-state index contributed by atoms with van der Waals surface area (Å²) in [6.45, 7) is 10.7. The summed E-state index contributed by atoms with van der Waals surface area (Å²) in [6.07, 6.45) is 7.98. The van der Waals surface area contributed by atoms with E-state index >= 15 is 0 Å². The van der Waals surface area contributed by atoms with Gasteiger partial charge in [0.05, 0.1) is 0 Å². The van der Waals surface area contributed by atoms with Crippen LogP contribution in [0.4, 0.5) is 5.69 Å². The molecule has 7 heteroatoms. The molecule has 0 spiro atoms. The Morgan fingerprint density at radius 1 is 1.07 bits per heavy atom. The van der Waals surface area contributed by atoms with Gasteiger partial charge in [-0.1, -0.05) is 31.4 Å². The first kappa shape index (κ1) is 19.4. The van der Waals surface area contributed by atoms with E-state index in [0.717, 1.165) is 25.9 Å². The maximum absolute atomic E-state index is 12.7. The first-order valence-corrected chi connectivity index (χ1v) is 10.2. The van der Waals surface area contributed by atoms with Crippen LogP contribution in [0.15, 0.2) is 61.2 Å². The van der Waals surface area contributed by atoms with Crippen molar-refractivity contribution in [1.82, 2.24) is 9.80 Å². The highest BCUT2D eigenvalue weighted by Crippen LogP contribution is 2.48. The van der Waals surface area contributed by atoms with Gasteiger partial charge in [-0.2, -0.15) is 0 Å². The topological polar surface area (TPSA) is 69.7 Å². The predicted molar refractivity (Wildman–Crippen MR) is 108 cm³/mol. The second-order valence-electron chi connectivity index (χ2n) is 6.82. The minimum atomic E-state index is -2.70. The van der Waals surface area contributed by atoms with E-state index in [1.807, 2.05) is 17.1 Å². The van der Waals surface area contributed by atoms with Crippen LogP contribution >= 0.6 is 0 Å². The van der Waals surface area contributed by atoms with Crippen molar-refractivity contribution in [2.75, 3.05) is 30.9 Å². The average molecular weight is 388 g/mol. The molecule has 1 aromatic carbocycles. The van der Waals surface area contributed by atoms with Crippen LogP contribution in [0.1, 0.15) is 23.2 Å². The Morgan fingerprint density at radius 2 is 1.70 bits per heavy atom. The molecule has 0 bridgehead atoms. The summed E-state index contributed by atoms with van der Waals surface area (Å²) in [6, 6.07) is 6.51. The van der Waals surface area contributed by atoms with Crippen LogP contribution in [0, 0.1) is 0 Å². The van der Waals surface area contributed by atoms with Gasteiger partial charge < -0.3 is 4.90 Å². The first-order valence-electron chi connectivity index (χ1n) is 9.01. The Bertz CT molecular complexity index is 823. The second kappa shape index (κ2) is 8.10. The number of benzene rings is 1. The molecule has 1 saturated carbocycles. The molecule has 1 aliphatic heterocycles. The summed E-state index contributed by atoms with van der Waals surface area (Å²) in [7, 11) is -2.70. The molecule has 0 atom stereocenters. The van der Waals surface area contributed by atoms with E-state index in [1.165, 1.54) is 5.57 Å². The van der Waals surface area contributed by atoms with Crippen molar-refractivity contribution >= 4 is 22.5 Å². The molecule has 1 N–H and O–H groups in total. The van der Waals surface area contributed by atoms with Gasteiger partial charge in [0.25, 0.3) is 5.91 Å². The lowest BCUT2D eigenvalue weighted by Gasteiger charge is -2.40. The molecule has 1 saturated heterocycles. The average Bonchev–Trinajstić information content (AvgIpc) is 3.47. The largest absolute Gasteiger partial charge is 0.336 e. The molecular weight excluding hydrogens is 362 g/mol. The van der Waals surface area contributed by atoms with Gasteiger partial charge in [-0.15, -0.1) is 0 Å². The number of anilines is 1. The van der Waals surface area contributed by atoms with Gasteiger partial charge in [-0.3, -0.25) is 14.4 Å². The third-order valence-electron chi connectivity index (χ3n) is 5.30. The summed E-state index contributed by atoms with van der Waals surface area (Å²) in [5.41, 5.74) is 2.29. The SMILES string of the molecule is C=C/C=C(\C=C)C1(N2CCN(C(=O)c3ccc(N[SH](=O)=O)cc3)CC2)CC1. The van der Waals surface area contributed by atoms with Gasteiger partial charge >= 0.3 is 0 Å². The lowest BCUT2D eigenvalue weighted by Crippen LogP contribution is -2.53. The highest BCUT2D eigenvalue weighted by molar-refractivity contribution is 7.73. The van der Waals surface area contributed by atoms with E-state index < -0.39 is 10.9 Å². The fraction of sp³-hybridized carbons (Fsp3) is 0.350. The van der Waals surface area contributed by atoms with E-state index in [4.69, 9.17) is 0 Å². The zero-order valence-electron chi connectivity index (χ0n) is 15.3. The zero-order chi connectivity index (χ0) is 19.4. The zero-order valence-corrected chi connectivity index (χ0v) is 16.2. The Morgan fingerprint density at radius 3 is 2.19 bits per heavy atom. The van der Waals surface area contributed by atoms with Gasteiger partial charge in [-0.25, -0.2) is 8.42 Å². The molecule has 3 rings (SSSR count). The minimum absolute atomic E-state index is 0.0249. The van der Waals surface area contributed by atoms with Crippen LogP contribution in [-0.2, 0) is 10.9 Å². The van der Waals surface area contributed by atoms with Gasteiger partial charge in [0.2, 0.25) is 10.9 Å². The smallest absolute Gasteiger partial charge is 0.253 e. The molecule has 0 unspecified atom stereocenters. The third kappa shape index (κ3) is 4.14. The maximum Gasteiger partial charge on any atom is 0.253 e. The quantitative estimate of drug-likeness (QED) is 0.556. The fourth-order valence-corrected chi connectivity index (χ4v) is 4.12. The number of nitrogens with one attached hydrogen (secondary N) is 1. The van der Waals surface area contributed by atoms with Crippen LogP contribution in [0.5, 0.6) is 0 Å². The maximum atomic E-state index is 12.7. The number of piperazine rings is 1. The summed E-state index contributed by atoms with van der Waals surface area (Å²) in [5, 5.41) is 0. The summed E-state index contributed by atoms with van der Waals surface area (Å²) < 4.78 is 23.7. The number of allylic oxidation sites excluding steroid dienone is 2. The second-order valence-corrected chi connectivity index (χ2v) is 7.56. The molecular formula is C20H25N3O3S. The Labute approximate surface area is 161 Å². The lowest BCUT2D eigenvalue weighted by molar-refractivity contribution is 0.0576. The third-order valence-corrected chi connectivity index (χ3v) is 5.74. The molecule has 0 radical (unpaired) electrons. The lowest BCUT2D eigenvalue weighted by atomic mass is 10.0. The van der Waals surface area contributed by atoms with E-state index in [0.29, 0.717) is 24.3 Å². The molecule has 2 aliphatic rings. The Balaban J connectivity index is 1.62. The number of amides is 1. The summed E-state index contributed by atoms with van der Waals surface area (Å²) in [4.78, 5) is 17.0. The van der Waals surface area contributed by atoms with E-state index in [-0.39, 0.29) is 11.4 Å². The standard InChI is InChI=1S/C20H25N3O3S/c1-3-5-17(4-2)20(10-11-20)23-14-12-22(13-15-23)19(24)16-6-8-18(9-7-16)21-27(25)26/h3-9,27H,1-2,10-15H2,(H,21,25,26)/b17-5+. The molecule has 1 aromatic rings. The number of hydrogen-bond donors (Lipinski definition) is 2. The molecule has 2 fully saturated rings. The Kier molecular flexibility index (Phi) is 5.82. The molecule has 144 valence electrons. The fourth-order valence-electron chi connectivity index (χ4n) is 3.76. The highest BCUT2D eigenvalue weighted by atomic mass is 32.2. The number of thiol groups is 1. The van der Waals surface area contributed by atoms with Gasteiger partial charge in [0.15, 0.2) is 0 Å². The van der Waals surface area contributed by atoms with Crippen molar-refractivity contribution in [3.63, 3.8) is 0 Å². The van der Waals surface area contributed by atoms with Crippen molar-refractivity contribution in [2.24, 2.45) is 0 Å². The molecule has 1 heterocycles. The van der Waals surface area contributed by atoms with E-state index in [1.54, 1.807) is 30.3 Å². The van der Waals surface area contributed by atoms with Crippen LogP contribution in [-0.4, -0.2) is 55.8 Å². The number of nitrogens with zero attached hydrogens (tertiary/aromatic N) is 2. The first-order chi connectivity index (χ1) is 13.0. The summed E-state index contributed by atoms with van der Waals surface area (Å²) >= 11 is 0. The van der Waals surface area contributed by atoms with Crippen molar-refractivity contribution in [1.29, 1.82) is 0 Å². The van der Waals surface area contributed by atoms with Crippen LogP contribution in [0.2, 0.25) is 0 Å². The van der Waals surface area contributed by atoms with Gasteiger partial charge in [-0.05, 0) is 42.7 Å². The minimum Gasteiger partial charge on any atom is -0.336 e. The normalized spacial score (nSPS) is 19.6. The molecule has 27 heavy (non-hydrogen) atoms. The van der Waals surface area contributed by atoms with Crippen LogP contribution in [0.25, 0.3) is 0 Å². The molecule has 6 nitrogen and oxygen atoms in total. The highest BCUT2D eigenvalue weighted by Gasteiger charge is 2.50. The van der Waals surface area contributed by atoms with Gasteiger partial charge in [0.1, 0.15) is 0 Å². The van der Waals surface area contributed by atoms with Gasteiger partial charge in [0, 0.05) is 43.0 Å². The molecule has 1 amide bonds. The predicted octanol–water partition coefficient (Wildman–Crippen LogP) is 2.21. The number of carbonyl (C=O) groups excluding carboxylic acids is 1. The van der Waals surface area contributed by atoms with E-state index in [2.05, 4.69) is 22.8 Å².